The number of likely N-dealkylation sites (N-methyl/N-ethyl adjacent to an activating group) is 1. The van der Waals surface area contributed by atoms with Gasteiger partial charge in [0.25, 0.3) is 11.8 Å². The van der Waals surface area contributed by atoms with Crippen molar-refractivity contribution < 1.29 is 23.6 Å². The Morgan fingerprint density at radius 3 is 2.78 bits per heavy atom. The molecular weight excluding hydrogens is 501 g/mol. The molecule has 32 heavy (non-hydrogen) atoms. The Morgan fingerprint density at radius 2 is 2.06 bits per heavy atom. The van der Waals surface area contributed by atoms with E-state index in [1.807, 2.05) is 6.07 Å². The Kier molecular flexibility index (Phi) is 6.66. The molecule has 4 rings (SSSR count). The van der Waals surface area contributed by atoms with Crippen LogP contribution in [0.25, 0.3) is 0 Å². The van der Waals surface area contributed by atoms with Gasteiger partial charge in [-0.1, -0.05) is 45.9 Å². The number of nitrogens with zero attached hydrogens (tertiary/aromatic N) is 2. The minimum atomic E-state index is -0.955. The van der Waals surface area contributed by atoms with Crippen molar-refractivity contribution >= 4 is 44.7 Å². The van der Waals surface area contributed by atoms with Gasteiger partial charge in [0, 0.05) is 35.1 Å². The topological polar surface area (TPSA) is 80.2 Å². The highest BCUT2D eigenvalue weighted by Crippen LogP contribution is 2.53. The first-order chi connectivity index (χ1) is 15.4. The maximum absolute atomic E-state index is 15.1. The summed E-state index contributed by atoms with van der Waals surface area (Å²) >= 11 is 4.62. The van der Waals surface area contributed by atoms with Gasteiger partial charge in [0.05, 0.1) is 18.5 Å². The molecule has 2 aliphatic heterocycles. The quantitative estimate of drug-likeness (QED) is 0.624. The fourth-order valence-corrected chi connectivity index (χ4v) is 5.64. The number of hydroxylamine groups is 2. The monoisotopic (exact) mass is 521 g/mol. The first-order valence-corrected chi connectivity index (χ1v) is 11.5. The second-order valence-corrected chi connectivity index (χ2v) is 9.67. The molecular formula is C22H21BrFN3O4S. The van der Waals surface area contributed by atoms with Crippen LogP contribution in [0.4, 0.5) is 4.39 Å². The van der Waals surface area contributed by atoms with Gasteiger partial charge in [-0.25, -0.2) is 9.45 Å². The maximum Gasteiger partial charge on any atom is 0.275 e. The Bertz CT molecular complexity index is 1070. The van der Waals surface area contributed by atoms with Crippen LogP contribution >= 0.6 is 27.7 Å². The van der Waals surface area contributed by atoms with E-state index in [0.29, 0.717) is 20.8 Å². The lowest BCUT2D eigenvalue weighted by Crippen LogP contribution is -2.47. The number of fused-ring (bicyclic) bond motifs is 1. The fraction of sp³-hybridized carbons (Fsp3) is 0.318. The van der Waals surface area contributed by atoms with E-state index in [0.717, 1.165) is 5.06 Å². The van der Waals surface area contributed by atoms with Gasteiger partial charge in [0.2, 0.25) is 0 Å². The average Bonchev–Trinajstić information content (AvgIpc) is 3.19. The minimum Gasteiger partial charge on any atom is -0.366 e. The highest BCUT2D eigenvalue weighted by Gasteiger charge is 2.57. The standard InChI is InChI=1S/C22H21BrFN3O4S/c1-27(30-2)20(29)18-16-11-25-21(26-19(28)13-6-4-3-5-7-13)32-22(16,12-31-18)15-10-14(23)8-9-17(15)24/h3-10,16,18H,11-12H2,1-2H3,(H,25,26,28)/t16-,18-,22+/m0/s1. The van der Waals surface area contributed by atoms with E-state index < -0.39 is 22.6 Å². The molecule has 2 aliphatic rings. The van der Waals surface area contributed by atoms with E-state index in [2.05, 4.69) is 26.2 Å². The maximum atomic E-state index is 15.1. The summed E-state index contributed by atoms with van der Waals surface area (Å²) in [6.45, 7) is 0.251. The van der Waals surface area contributed by atoms with Crippen molar-refractivity contribution in [3.63, 3.8) is 0 Å². The fourth-order valence-electron chi connectivity index (χ4n) is 3.91. The van der Waals surface area contributed by atoms with Gasteiger partial charge < -0.3 is 10.1 Å². The largest absolute Gasteiger partial charge is 0.366 e. The first-order valence-electron chi connectivity index (χ1n) is 9.84. The molecule has 1 fully saturated rings. The number of carbonyl (C=O) groups is 2. The van der Waals surface area contributed by atoms with E-state index in [-0.39, 0.29) is 25.0 Å². The van der Waals surface area contributed by atoms with Crippen molar-refractivity contribution in [1.82, 2.24) is 10.4 Å². The van der Waals surface area contributed by atoms with Crippen molar-refractivity contribution in [3.05, 3.63) is 69.9 Å². The third-order valence-corrected chi connectivity index (χ3v) is 7.54. The lowest BCUT2D eigenvalue weighted by atomic mass is 9.83. The molecule has 7 nitrogen and oxygen atoms in total. The van der Waals surface area contributed by atoms with E-state index in [4.69, 9.17) is 9.57 Å². The van der Waals surface area contributed by atoms with Crippen LogP contribution in [0.1, 0.15) is 15.9 Å². The van der Waals surface area contributed by atoms with Crippen LogP contribution in [-0.2, 0) is 19.1 Å². The van der Waals surface area contributed by atoms with Gasteiger partial charge in [0.15, 0.2) is 5.17 Å². The minimum absolute atomic E-state index is 0.0733. The molecule has 0 bridgehead atoms. The number of ether oxygens (including phenoxy) is 1. The highest BCUT2D eigenvalue weighted by atomic mass is 79.9. The summed E-state index contributed by atoms with van der Waals surface area (Å²) in [5, 5.41) is 4.27. The lowest BCUT2D eigenvalue weighted by Gasteiger charge is -2.38. The van der Waals surface area contributed by atoms with Crippen molar-refractivity contribution in [2.24, 2.45) is 10.9 Å². The molecule has 0 spiro atoms. The molecule has 168 valence electrons. The number of amides is 2. The second kappa shape index (κ2) is 9.30. The van der Waals surface area contributed by atoms with Gasteiger partial charge in [0.1, 0.15) is 11.9 Å². The molecule has 2 heterocycles. The van der Waals surface area contributed by atoms with Crippen LogP contribution in [-0.4, -0.2) is 55.5 Å². The molecule has 0 radical (unpaired) electrons. The molecule has 0 aliphatic carbocycles. The van der Waals surface area contributed by atoms with Gasteiger partial charge in [-0.15, -0.1) is 0 Å². The first kappa shape index (κ1) is 22.9. The van der Waals surface area contributed by atoms with Gasteiger partial charge in [-0.3, -0.25) is 19.4 Å². The second-order valence-electron chi connectivity index (χ2n) is 7.44. The third-order valence-electron chi connectivity index (χ3n) is 5.62. The predicted octanol–water partition coefficient (Wildman–Crippen LogP) is 3.35. The number of hydrogen-bond donors (Lipinski definition) is 1. The van der Waals surface area contributed by atoms with E-state index in [9.17, 15) is 9.59 Å². The number of nitrogens with one attached hydrogen (secondary N) is 1. The van der Waals surface area contributed by atoms with Crippen molar-refractivity contribution in [2.75, 3.05) is 27.3 Å². The van der Waals surface area contributed by atoms with Crippen molar-refractivity contribution in [2.45, 2.75) is 10.9 Å². The van der Waals surface area contributed by atoms with E-state index in [1.54, 1.807) is 36.4 Å². The van der Waals surface area contributed by atoms with Crippen LogP contribution in [0, 0.1) is 11.7 Å². The Balaban J connectivity index is 1.70. The zero-order valence-electron chi connectivity index (χ0n) is 17.4. The number of benzene rings is 2. The summed E-state index contributed by atoms with van der Waals surface area (Å²) in [5.74, 6) is -1.56. The Labute approximate surface area is 197 Å². The van der Waals surface area contributed by atoms with Crippen LogP contribution in [0.3, 0.4) is 0 Å². The lowest BCUT2D eigenvalue weighted by molar-refractivity contribution is -0.180. The van der Waals surface area contributed by atoms with Crippen LogP contribution in [0.2, 0.25) is 0 Å². The average molecular weight is 522 g/mol. The molecule has 10 heteroatoms. The number of thioether (sulfide) groups is 1. The number of amidine groups is 1. The summed E-state index contributed by atoms with van der Waals surface area (Å²) in [7, 11) is 2.88. The summed E-state index contributed by atoms with van der Waals surface area (Å²) < 4.78 is 20.7. The number of aliphatic imine (C=N–C) groups is 1. The number of halogens is 2. The Hall–Kier alpha value is -2.27. The highest BCUT2D eigenvalue weighted by molar-refractivity contribution is 9.10. The molecule has 3 atom stereocenters. The summed E-state index contributed by atoms with van der Waals surface area (Å²) in [6.07, 6.45) is -0.860. The smallest absolute Gasteiger partial charge is 0.275 e. The molecule has 2 amide bonds. The normalized spacial score (nSPS) is 24.4. The number of hydrogen-bond acceptors (Lipinski definition) is 6. The van der Waals surface area contributed by atoms with Gasteiger partial charge >= 0.3 is 0 Å². The van der Waals surface area contributed by atoms with Gasteiger partial charge in [-0.05, 0) is 30.3 Å². The zero-order valence-corrected chi connectivity index (χ0v) is 19.8. The Morgan fingerprint density at radius 1 is 1.31 bits per heavy atom. The zero-order chi connectivity index (χ0) is 22.9. The number of rotatable bonds is 4. The molecule has 2 aromatic carbocycles. The predicted molar refractivity (Wildman–Crippen MR) is 123 cm³/mol. The summed E-state index contributed by atoms with van der Waals surface area (Å²) in [5.41, 5.74) is 0.872. The molecule has 1 N–H and O–H groups in total. The van der Waals surface area contributed by atoms with Crippen molar-refractivity contribution in [1.29, 1.82) is 0 Å². The molecule has 2 aromatic rings. The van der Waals surface area contributed by atoms with Gasteiger partial charge in [-0.2, -0.15) is 0 Å². The number of carbonyl (C=O) groups excluding carboxylic acids is 2. The van der Waals surface area contributed by atoms with Crippen molar-refractivity contribution in [3.8, 4) is 0 Å². The van der Waals surface area contributed by atoms with E-state index >= 15 is 4.39 Å². The summed E-state index contributed by atoms with van der Waals surface area (Å²) in [6, 6.07) is 13.4. The SMILES string of the molecule is CON(C)C(=O)[C@H]1OC[C@]2(c3cc(Br)ccc3F)SC(NC(=O)c3ccccc3)=NC[C@@H]12. The molecule has 1 saturated heterocycles. The molecule has 0 saturated carbocycles. The van der Waals surface area contributed by atoms with E-state index in [1.165, 1.54) is 32.0 Å². The summed E-state index contributed by atoms with van der Waals surface area (Å²) in [4.78, 5) is 35.0. The van der Waals surface area contributed by atoms with Crippen LogP contribution in [0.15, 0.2) is 58.0 Å². The molecule has 0 unspecified atom stereocenters. The third kappa shape index (κ3) is 4.19. The molecule has 0 aromatic heterocycles. The van der Waals surface area contributed by atoms with Crippen LogP contribution < -0.4 is 5.32 Å². The van der Waals surface area contributed by atoms with Crippen LogP contribution in [0.5, 0.6) is 0 Å².